The van der Waals surface area contributed by atoms with E-state index in [9.17, 15) is 4.79 Å². The number of ether oxygens (including phenoxy) is 2. The van der Waals surface area contributed by atoms with E-state index in [1.807, 2.05) is 4.57 Å². The predicted molar refractivity (Wildman–Crippen MR) is 105 cm³/mol. The molecule has 5 heteroatoms. The topological polar surface area (TPSA) is 53.4 Å². The molecule has 0 spiro atoms. The van der Waals surface area contributed by atoms with Gasteiger partial charge in [-0.1, -0.05) is 12.1 Å². The molecule has 2 heterocycles. The molecule has 4 saturated carbocycles. The third kappa shape index (κ3) is 2.83. The number of hydrogen-bond acceptors (Lipinski definition) is 4. The van der Waals surface area contributed by atoms with Crippen LogP contribution in [-0.2, 0) is 6.54 Å². The van der Waals surface area contributed by atoms with Gasteiger partial charge in [0.15, 0.2) is 6.10 Å². The maximum absolute atomic E-state index is 11.3. The van der Waals surface area contributed by atoms with Crippen molar-refractivity contribution in [1.82, 2.24) is 9.55 Å². The molecule has 0 amide bonds. The van der Waals surface area contributed by atoms with Crippen LogP contribution < -0.4 is 15.0 Å². The SMILES string of the molecule is O=c1ccn2c(n1)OC(COc1ccc(C3[C@H]4C[C@@H]5C[C@@H](C[C@H]3C5)C4)cc1)C2. The fourth-order valence-corrected chi connectivity index (χ4v) is 6.58. The van der Waals surface area contributed by atoms with Crippen molar-refractivity contribution in [3.63, 3.8) is 0 Å². The van der Waals surface area contributed by atoms with Gasteiger partial charge in [-0.05, 0) is 79.4 Å². The molecule has 4 fully saturated rings. The van der Waals surface area contributed by atoms with E-state index in [2.05, 4.69) is 29.2 Å². The van der Waals surface area contributed by atoms with Crippen LogP contribution in [0.1, 0.15) is 43.6 Å². The molecule has 0 N–H and O–H groups in total. The molecule has 7 rings (SSSR count). The van der Waals surface area contributed by atoms with E-state index in [1.165, 1.54) is 43.7 Å². The molecule has 5 aliphatic rings. The number of rotatable bonds is 4. The average Bonchev–Trinajstić information content (AvgIpc) is 3.08. The van der Waals surface area contributed by atoms with Crippen molar-refractivity contribution in [3.05, 3.63) is 52.4 Å². The van der Waals surface area contributed by atoms with Crippen molar-refractivity contribution in [2.24, 2.45) is 23.7 Å². The highest BCUT2D eigenvalue weighted by Gasteiger charge is 2.48. The summed E-state index contributed by atoms with van der Waals surface area (Å²) in [6, 6.07) is 10.6. The lowest BCUT2D eigenvalue weighted by Crippen LogP contribution is -2.43. The van der Waals surface area contributed by atoms with E-state index in [-0.39, 0.29) is 11.7 Å². The largest absolute Gasteiger partial charge is 0.490 e. The van der Waals surface area contributed by atoms with Crippen LogP contribution >= 0.6 is 0 Å². The van der Waals surface area contributed by atoms with Gasteiger partial charge >= 0.3 is 0 Å². The van der Waals surface area contributed by atoms with E-state index in [0.29, 0.717) is 19.2 Å². The minimum absolute atomic E-state index is 0.113. The Hall–Kier alpha value is -2.30. The molecule has 1 aliphatic heterocycles. The highest BCUT2D eigenvalue weighted by atomic mass is 16.6. The fraction of sp³-hybridized carbons (Fsp3) is 0.565. The second kappa shape index (κ2) is 6.36. The Morgan fingerprint density at radius 1 is 1.00 bits per heavy atom. The normalized spacial score (nSPS) is 34.9. The zero-order chi connectivity index (χ0) is 18.7. The van der Waals surface area contributed by atoms with Crippen LogP contribution in [0.2, 0.25) is 0 Å². The van der Waals surface area contributed by atoms with Crippen LogP contribution in [-0.4, -0.2) is 22.3 Å². The average molecular weight is 378 g/mol. The summed E-state index contributed by atoms with van der Waals surface area (Å²) in [7, 11) is 0. The van der Waals surface area contributed by atoms with Gasteiger partial charge in [-0.3, -0.25) is 9.36 Å². The lowest BCUT2D eigenvalue weighted by Gasteiger charge is -2.54. The van der Waals surface area contributed by atoms with Crippen LogP contribution in [0.25, 0.3) is 0 Å². The first kappa shape index (κ1) is 16.6. The van der Waals surface area contributed by atoms with E-state index >= 15 is 0 Å². The molecule has 28 heavy (non-hydrogen) atoms. The van der Waals surface area contributed by atoms with E-state index in [1.54, 1.807) is 6.20 Å². The number of aromatic nitrogens is 2. The Morgan fingerprint density at radius 3 is 2.43 bits per heavy atom. The zero-order valence-corrected chi connectivity index (χ0v) is 16.0. The monoisotopic (exact) mass is 378 g/mol. The van der Waals surface area contributed by atoms with Gasteiger partial charge in [0.25, 0.3) is 11.6 Å². The summed E-state index contributed by atoms with van der Waals surface area (Å²) in [6.45, 7) is 1.11. The number of nitrogens with zero attached hydrogens (tertiary/aromatic N) is 2. The minimum Gasteiger partial charge on any atom is -0.490 e. The quantitative estimate of drug-likeness (QED) is 0.815. The standard InChI is InChI=1S/C23H26N2O3/c26-21-5-6-25-12-20(28-23(25)24-21)13-27-19-3-1-16(2-4-19)22-17-8-14-7-15(10-17)11-18(22)9-14/h1-6,14-15,17-18,20,22H,7-13H2/t14-,15+,17-,18+,20?,22?. The zero-order valence-electron chi connectivity index (χ0n) is 16.0. The highest BCUT2D eigenvalue weighted by molar-refractivity contribution is 5.31. The maximum atomic E-state index is 11.3. The molecular weight excluding hydrogens is 352 g/mol. The van der Waals surface area contributed by atoms with Crippen LogP contribution in [0.15, 0.2) is 41.3 Å². The minimum atomic E-state index is -0.270. The first-order valence-electron chi connectivity index (χ1n) is 10.7. The summed E-state index contributed by atoms with van der Waals surface area (Å²) in [6.07, 6.45) is 8.92. The van der Waals surface area contributed by atoms with Crippen molar-refractivity contribution < 1.29 is 9.47 Å². The number of hydrogen-bond donors (Lipinski definition) is 0. The van der Waals surface area contributed by atoms with Gasteiger partial charge in [-0.15, -0.1) is 0 Å². The summed E-state index contributed by atoms with van der Waals surface area (Å²) >= 11 is 0. The molecule has 1 aromatic carbocycles. The van der Waals surface area contributed by atoms with E-state index in [4.69, 9.17) is 9.47 Å². The van der Waals surface area contributed by atoms with Crippen LogP contribution in [0.5, 0.6) is 11.8 Å². The van der Waals surface area contributed by atoms with Gasteiger partial charge in [0.05, 0.1) is 6.54 Å². The summed E-state index contributed by atoms with van der Waals surface area (Å²) in [5, 5.41) is 0. The Bertz CT molecular complexity index is 908. The summed E-state index contributed by atoms with van der Waals surface area (Å²) in [4.78, 5) is 15.2. The molecule has 2 aromatic rings. The van der Waals surface area contributed by atoms with Crippen LogP contribution in [0.4, 0.5) is 0 Å². The number of fused-ring (bicyclic) bond motifs is 1. The third-order valence-corrected chi connectivity index (χ3v) is 7.45. The summed E-state index contributed by atoms with van der Waals surface area (Å²) < 4.78 is 13.5. The van der Waals surface area contributed by atoms with E-state index in [0.717, 1.165) is 35.3 Å². The fourth-order valence-electron chi connectivity index (χ4n) is 6.58. The molecular formula is C23H26N2O3. The van der Waals surface area contributed by atoms with Crippen molar-refractivity contribution in [1.29, 1.82) is 0 Å². The first-order valence-corrected chi connectivity index (χ1v) is 10.7. The molecule has 146 valence electrons. The van der Waals surface area contributed by atoms with Crippen molar-refractivity contribution in [2.45, 2.75) is 50.7 Å². The van der Waals surface area contributed by atoms with Gasteiger partial charge in [-0.25, -0.2) is 0 Å². The van der Waals surface area contributed by atoms with Gasteiger partial charge in [-0.2, -0.15) is 4.98 Å². The van der Waals surface area contributed by atoms with Gasteiger partial charge in [0.2, 0.25) is 0 Å². The molecule has 4 aliphatic carbocycles. The second-order valence-corrected chi connectivity index (χ2v) is 9.28. The summed E-state index contributed by atoms with van der Waals surface area (Å²) in [5.41, 5.74) is 1.24. The Morgan fingerprint density at radius 2 is 1.71 bits per heavy atom. The Labute approximate surface area is 164 Å². The lowest BCUT2D eigenvalue weighted by molar-refractivity contribution is -0.00279. The van der Waals surface area contributed by atoms with Crippen molar-refractivity contribution >= 4 is 0 Å². The maximum Gasteiger partial charge on any atom is 0.300 e. The van der Waals surface area contributed by atoms with Gasteiger partial charge in [0, 0.05) is 12.3 Å². The molecule has 1 atom stereocenters. The molecule has 1 aromatic heterocycles. The highest BCUT2D eigenvalue weighted by Crippen LogP contribution is 2.59. The van der Waals surface area contributed by atoms with Gasteiger partial charge in [0.1, 0.15) is 12.4 Å². The predicted octanol–water partition coefficient (Wildman–Crippen LogP) is 3.62. The second-order valence-electron chi connectivity index (χ2n) is 9.28. The molecule has 5 nitrogen and oxygen atoms in total. The van der Waals surface area contributed by atoms with Crippen LogP contribution in [0, 0.1) is 23.7 Å². The molecule has 1 unspecified atom stereocenters. The summed E-state index contributed by atoms with van der Waals surface area (Å²) in [5.74, 6) is 5.49. The lowest BCUT2D eigenvalue weighted by atomic mass is 9.51. The number of benzene rings is 1. The molecule has 4 bridgehead atoms. The Kier molecular flexibility index (Phi) is 3.78. The van der Waals surface area contributed by atoms with E-state index < -0.39 is 0 Å². The molecule has 0 saturated heterocycles. The van der Waals surface area contributed by atoms with Crippen molar-refractivity contribution in [3.8, 4) is 11.8 Å². The van der Waals surface area contributed by atoms with Crippen LogP contribution in [0.3, 0.4) is 0 Å². The Balaban J connectivity index is 1.10. The smallest absolute Gasteiger partial charge is 0.300 e. The van der Waals surface area contributed by atoms with Crippen molar-refractivity contribution in [2.75, 3.05) is 6.61 Å². The molecule has 0 radical (unpaired) electrons. The first-order chi connectivity index (χ1) is 13.7. The third-order valence-electron chi connectivity index (χ3n) is 7.45. The van der Waals surface area contributed by atoms with Gasteiger partial charge < -0.3 is 9.47 Å².